The van der Waals surface area contributed by atoms with Gasteiger partial charge in [0.15, 0.2) is 0 Å². The van der Waals surface area contributed by atoms with E-state index in [0.29, 0.717) is 15.8 Å². The summed E-state index contributed by atoms with van der Waals surface area (Å²) in [6.45, 7) is 2.81. The molecular formula is C28H33N3O4S2. The van der Waals surface area contributed by atoms with Gasteiger partial charge in [-0.3, -0.25) is 19.4 Å². The Balaban J connectivity index is 1.33. The summed E-state index contributed by atoms with van der Waals surface area (Å²) in [5, 5.41) is 3.10. The molecular weight excluding hydrogens is 506 g/mol. The number of likely N-dealkylation sites (tertiary alicyclic amines) is 1. The molecule has 37 heavy (non-hydrogen) atoms. The van der Waals surface area contributed by atoms with Crippen LogP contribution >= 0.6 is 24.0 Å². The van der Waals surface area contributed by atoms with Gasteiger partial charge in [-0.2, -0.15) is 0 Å². The summed E-state index contributed by atoms with van der Waals surface area (Å²) in [4.78, 5) is 30.3. The highest BCUT2D eigenvalue weighted by Gasteiger charge is 2.32. The largest absolute Gasteiger partial charge is 0.497 e. The molecule has 2 aliphatic rings. The van der Waals surface area contributed by atoms with Crippen molar-refractivity contribution in [2.45, 2.75) is 31.7 Å². The van der Waals surface area contributed by atoms with E-state index < -0.39 is 0 Å². The highest BCUT2D eigenvalue weighted by atomic mass is 32.2. The second-order valence-corrected chi connectivity index (χ2v) is 10.7. The average Bonchev–Trinajstić information content (AvgIpc) is 3.20. The van der Waals surface area contributed by atoms with Crippen LogP contribution in [0.1, 0.15) is 42.9 Å². The van der Waals surface area contributed by atoms with Gasteiger partial charge in [-0.15, -0.1) is 0 Å². The molecule has 2 amide bonds. The first-order chi connectivity index (χ1) is 18.0. The molecule has 0 bridgehead atoms. The topological polar surface area (TPSA) is 71.1 Å². The lowest BCUT2D eigenvalue weighted by Gasteiger charge is -2.35. The van der Waals surface area contributed by atoms with Gasteiger partial charge < -0.3 is 14.8 Å². The molecule has 7 nitrogen and oxygen atoms in total. The number of nitrogens with zero attached hydrogens (tertiary/aromatic N) is 2. The number of benzene rings is 2. The lowest BCUT2D eigenvalue weighted by Crippen LogP contribution is -2.41. The zero-order valence-corrected chi connectivity index (χ0v) is 22.9. The van der Waals surface area contributed by atoms with E-state index in [1.165, 1.54) is 35.9 Å². The summed E-state index contributed by atoms with van der Waals surface area (Å²) < 4.78 is 11.0. The maximum absolute atomic E-state index is 12.9. The summed E-state index contributed by atoms with van der Waals surface area (Å²) in [6.07, 6.45) is 5.58. The monoisotopic (exact) mass is 539 g/mol. The van der Waals surface area contributed by atoms with Crippen molar-refractivity contribution in [1.82, 2.24) is 15.1 Å². The van der Waals surface area contributed by atoms with Crippen LogP contribution in [0.2, 0.25) is 0 Å². The fraction of sp³-hybridized carbons (Fsp3) is 0.393. The first kappa shape index (κ1) is 27.2. The second-order valence-electron chi connectivity index (χ2n) is 9.05. The van der Waals surface area contributed by atoms with Crippen LogP contribution in [0.5, 0.6) is 11.5 Å². The Hall–Kier alpha value is -2.88. The summed E-state index contributed by atoms with van der Waals surface area (Å²) in [5.74, 6) is 1.31. The van der Waals surface area contributed by atoms with Gasteiger partial charge in [0.2, 0.25) is 5.91 Å². The number of amides is 2. The Morgan fingerprint density at radius 2 is 1.65 bits per heavy atom. The first-order valence-electron chi connectivity index (χ1n) is 12.5. The predicted molar refractivity (Wildman–Crippen MR) is 152 cm³/mol. The Bertz CT molecular complexity index is 1130. The van der Waals surface area contributed by atoms with Crippen molar-refractivity contribution in [2.75, 3.05) is 40.4 Å². The standard InChI is InChI=1S/C28H33N3O4S2/c1-34-22-10-6-20(7-11-22)18-25-27(33)31(28(36)37-25)17-14-26(32)29-19-24(30-15-4-3-5-16-30)21-8-12-23(35-2)13-9-21/h6-13,18,24H,3-5,14-17,19H2,1-2H3,(H,29,32)/b25-18-. The van der Waals surface area contributed by atoms with Crippen molar-refractivity contribution in [3.63, 3.8) is 0 Å². The SMILES string of the molecule is COc1ccc(/C=C2\SC(=S)N(CCC(=O)NCC(c3ccc(OC)cc3)N3CCCCC3)C2=O)cc1. The van der Waals surface area contributed by atoms with Gasteiger partial charge in [-0.1, -0.05) is 54.7 Å². The van der Waals surface area contributed by atoms with Gasteiger partial charge >= 0.3 is 0 Å². The van der Waals surface area contributed by atoms with E-state index in [9.17, 15) is 9.59 Å². The number of rotatable bonds is 10. The number of thiocarbonyl (C=S) groups is 1. The van der Waals surface area contributed by atoms with E-state index in [0.717, 1.165) is 35.7 Å². The minimum Gasteiger partial charge on any atom is -0.497 e. The predicted octanol–water partition coefficient (Wildman–Crippen LogP) is 4.64. The minimum atomic E-state index is -0.164. The average molecular weight is 540 g/mol. The van der Waals surface area contributed by atoms with Gasteiger partial charge in [0.05, 0.1) is 25.2 Å². The number of hydrogen-bond acceptors (Lipinski definition) is 7. The van der Waals surface area contributed by atoms with E-state index in [-0.39, 0.29) is 30.8 Å². The summed E-state index contributed by atoms with van der Waals surface area (Å²) in [5.41, 5.74) is 2.05. The molecule has 4 rings (SSSR count). The van der Waals surface area contributed by atoms with Gasteiger partial charge in [0.25, 0.3) is 5.91 Å². The van der Waals surface area contributed by atoms with E-state index in [4.69, 9.17) is 21.7 Å². The molecule has 1 unspecified atom stereocenters. The van der Waals surface area contributed by atoms with Crippen LogP contribution < -0.4 is 14.8 Å². The van der Waals surface area contributed by atoms with Gasteiger partial charge in [0, 0.05) is 19.5 Å². The molecule has 9 heteroatoms. The first-order valence-corrected chi connectivity index (χ1v) is 13.7. The quantitative estimate of drug-likeness (QED) is 0.348. The Labute approximate surface area is 228 Å². The second kappa shape index (κ2) is 13.1. The number of nitrogens with one attached hydrogen (secondary N) is 1. The molecule has 2 aromatic carbocycles. The Morgan fingerprint density at radius 1 is 1.03 bits per heavy atom. The summed E-state index contributed by atoms with van der Waals surface area (Å²) in [7, 11) is 3.27. The fourth-order valence-corrected chi connectivity index (χ4v) is 5.88. The van der Waals surface area contributed by atoms with Crippen molar-refractivity contribution >= 4 is 46.2 Å². The van der Waals surface area contributed by atoms with E-state index in [1.54, 1.807) is 14.2 Å². The molecule has 1 N–H and O–H groups in total. The molecule has 0 aromatic heterocycles. The van der Waals surface area contributed by atoms with Crippen LogP contribution in [0.3, 0.4) is 0 Å². The summed E-state index contributed by atoms with van der Waals surface area (Å²) in [6, 6.07) is 15.6. The number of methoxy groups -OCH3 is 2. The lowest BCUT2D eigenvalue weighted by molar-refractivity contribution is -0.124. The molecule has 2 heterocycles. The molecule has 2 aliphatic heterocycles. The molecule has 196 valence electrons. The number of ether oxygens (including phenoxy) is 2. The fourth-order valence-electron chi connectivity index (χ4n) is 4.57. The maximum atomic E-state index is 12.9. The highest BCUT2D eigenvalue weighted by Crippen LogP contribution is 2.33. The molecule has 0 saturated carbocycles. The highest BCUT2D eigenvalue weighted by molar-refractivity contribution is 8.26. The molecule has 2 fully saturated rings. The van der Waals surface area contributed by atoms with Crippen LogP contribution in [0.25, 0.3) is 6.08 Å². The normalized spacial score (nSPS) is 18.2. The Kier molecular flexibility index (Phi) is 9.60. The Morgan fingerprint density at radius 3 is 2.27 bits per heavy atom. The van der Waals surface area contributed by atoms with Crippen LogP contribution in [-0.2, 0) is 9.59 Å². The summed E-state index contributed by atoms with van der Waals surface area (Å²) >= 11 is 6.70. The zero-order valence-electron chi connectivity index (χ0n) is 21.3. The smallest absolute Gasteiger partial charge is 0.266 e. The molecule has 2 aromatic rings. The zero-order chi connectivity index (χ0) is 26.2. The number of thioether (sulfide) groups is 1. The third-order valence-electron chi connectivity index (χ3n) is 6.67. The van der Waals surface area contributed by atoms with Gasteiger partial charge in [-0.05, 0) is 67.4 Å². The van der Waals surface area contributed by atoms with Crippen LogP contribution in [0, 0.1) is 0 Å². The maximum Gasteiger partial charge on any atom is 0.266 e. The van der Waals surface area contributed by atoms with Crippen molar-refractivity contribution in [3.8, 4) is 11.5 Å². The molecule has 1 atom stereocenters. The number of carbonyl (C=O) groups excluding carboxylic acids is 2. The molecule has 0 radical (unpaired) electrons. The minimum absolute atomic E-state index is 0.0938. The number of hydrogen-bond donors (Lipinski definition) is 1. The van der Waals surface area contributed by atoms with Gasteiger partial charge in [0.1, 0.15) is 15.8 Å². The van der Waals surface area contributed by atoms with Crippen LogP contribution in [0.15, 0.2) is 53.4 Å². The van der Waals surface area contributed by atoms with Crippen LogP contribution in [0.4, 0.5) is 0 Å². The van der Waals surface area contributed by atoms with E-state index >= 15 is 0 Å². The molecule has 0 aliphatic carbocycles. The number of piperidine rings is 1. The van der Waals surface area contributed by atoms with Crippen molar-refractivity contribution < 1.29 is 19.1 Å². The molecule has 0 spiro atoms. The van der Waals surface area contributed by atoms with Crippen molar-refractivity contribution in [1.29, 1.82) is 0 Å². The van der Waals surface area contributed by atoms with Gasteiger partial charge in [-0.25, -0.2) is 0 Å². The third kappa shape index (κ3) is 7.12. The van der Waals surface area contributed by atoms with E-state index in [2.05, 4.69) is 22.3 Å². The molecule has 2 saturated heterocycles. The van der Waals surface area contributed by atoms with Crippen LogP contribution in [-0.4, -0.2) is 66.3 Å². The third-order valence-corrected chi connectivity index (χ3v) is 8.05. The van der Waals surface area contributed by atoms with E-state index in [1.807, 2.05) is 42.5 Å². The van der Waals surface area contributed by atoms with Crippen molar-refractivity contribution in [2.24, 2.45) is 0 Å². The lowest BCUT2D eigenvalue weighted by atomic mass is 10.0. The number of carbonyl (C=O) groups is 2. The van der Waals surface area contributed by atoms with Crippen molar-refractivity contribution in [3.05, 3.63) is 64.6 Å².